The van der Waals surface area contributed by atoms with E-state index in [2.05, 4.69) is 35.7 Å². The van der Waals surface area contributed by atoms with Gasteiger partial charge in [0.15, 0.2) is 5.76 Å². The van der Waals surface area contributed by atoms with Gasteiger partial charge in [-0.2, -0.15) is 5.10 Å². The third-order valence-electron chi connectivity index (χ3n) is 3.36. The van der Waals surface area contributed by atoms with E-state index >= 15 is 0 Å². The Kier molecular flexibility index (Phi) is 6.85. The van der Waals surface area contributed by atoms with Crippen LogP contribution in [0.1, 0.15) is 48.7 Å². The SMILES string of the molecule is CCCCCC(/C=N\NC(=O)c1ccco1)=C/c1ccccc1. The van der Waals surface area contributed by atoms with Gasteiger partial charge in [0, 0.05) is 0 Å². The van der Waals surface area contributed by atoms with E-state index in [-0.39, 0.29) is 11.7 Å². The van der Waals surface area contributed by atoms with Crippen LogP contribution in [-0.2, 0) is 0 Å². The highest BCUT2D eigenvalue weighted by atomic mass is 16.3. The minimum absolute atomic E-state index is 0.252. The summed E-state index contributed by atoms with van der Waals surface area (Å²) in [5, 5.41) is 4.05. The maximum Gasteiger partial charge on any atom is 0.307 e. The van der Waals surface area contributed by atoms with Crippen molar-refractivity contribution in [1.29, 1.82) is 0 Å². The Hall–Kier alpha value is -2.62. The van der Waals surface area contributed by atoms with Gasteiger partial charge in [-0.25, -0.2) is 5.43 Å². The van der Waals surface area contributed by atoms with Crippen LogP contribution < -0.4 is 5.43 Å². The standard InChI is InChI=1S/C19H22N2O2/c1-2-3-5-11-17(14-16-9-6-4-7-10-16)15-20-21-19(22)18-12-8-13-23-18/h4,6-10,12-15H,2-3,5,11H2,1H3,(H,21,22)/b17-14-,20-15-. The summed E-state index contributed by atoms with van der Waals surface area (Å²) in [6.45, 7) is 2.18. The maximum atomic E-state index is 11.8. The zero-order valence-electron chi connectivity index (χ0n) is 13.4. The Balaban J connectivity index is 2.00. The number of allylic oxidation sites excluding steroid dienone is 1. The molecule has 0 unspecified atom stereocenters. The van der Waals surface area contributed by atoms with Crippen LogP contribution in [0, 0.1) is 0 Å². The van der Waals surface area contributed by atoms with Gasteiger partial charge >= 0.3 is 5.91 Å². The number of carbonyl (C=O) groups is 1. The molecule has 4 heteroatoms. The van der Waals surface area contributed by atoms with E-state index in [0.29, 0.717) is 0 Å². The van der Waals surface area contributed by atoms with Gasteiger partial charge in [-0.3, -0.25) is 4.79 Å². The number of furan rings is 1. The van der Waals surface area contributed by atoms with Crippen molar-refractivity contribution in [2.75, 3.05) is 0 Å². The number of nitrogens with one attached hydrogen (secondary N) is 1. The number of benzene rings is 1. The molecule has 0 radical (unpaired) electrons. The molecule has 1 N–H and O–H groups in total. The molecule has 0 fully saturated rings. The summed E-state index contributed by atoms with van der Waals surface area (Å²) in [5.41, 5.74) is 4.70. The summed E-state index contributed by atoms with van der Waals surface area (Å²) < 4.78 is 5.03. The molecule has 4 nitrogen and oxygen atoms in total. The minimum Gasteiger partial charge on any atom is -0.459 e. The molecule has 1 aromatic carbocycles. The first-order valence-corrected chi connectivity index (χ1v) is 7.92. The van der Waals surface area contributed by atoms with E-state index in [1.54, 1.807) is 18.3 Å². The number of carbonyl (C=O) groups excluding carboxylic acids is 1. The van der Waals surface area contributed by atoms with Gasteiger partial charge in [0.25, 0.3) is 0 Å². The second-order valence-electron chi connectivity index (χ2n) is 5.26. The minimum atomic E-state index is -0.348. The van der Waals surface area contributed by atoms with Gasteiger partial charge in [0.2, 0.25) is 0 Å². The summed E-state index contributed by atoms with van der Waals surface area (Å²) in [4.78, 5) is 11.8. The number of hydrazone groups is 1. The van der Waals surface area contributed by atoms with Gasteiger partial charge in [-0.05, 0) is 36.1 Å². The Labute approximate surface area is 136 Å². The van der Waals surface area contributed by atoms with Gasteiger partial charge in [0.05, 0.1) is 12.5 Å². The van der Waals surface area contributed by atoms with Crippen molar-refractivity contribution >= 4 is 18.2 Å². The molecule has 120 valence electrons. The van der Waals surface area contributed by atoms with E-state index in [1.165, 1.54) is 19.1 Å². The first kappa shape index (κ1) is 16.7. The lowest BCUT2D eigenvalue weighted by Crippen LogP contribution is -2.16. The van der Waals surface area contributed by atoms with E-state index in [1.807, 2.05) is 18.2 Å². The summed E-state index contributed by atoms with van der Waals surface area (Å²) in [6.07, 6.45) is 9.66. The number of hydrogen-bond donors (Lipinski definition) is 1. The summed E-state index contributed by atoms with van der Waals surface area (Å²) in [5.74, 6) is -0.0967. The van der Waals surface area contributed by atoms with Crippen LogP contribution in [-0.4, -0.2) is 12.1 Å². The number of amides is 1. The van der Waals surface area contributed by atoms with E-state index < -0.39 is 0 Å². The lowest BCUT2D eigenvalue weighted by molar-refractivity contribution is 0.0927. The molecule has 0 saturated heterocycles. The first-order chi connectivity index (χ1) is 11.3. The third kappa shape index (κ3) is 5.94. The highest BCUT2D eigenvalue weighted by Crippen LogP contribution is 2.12. The van der Waals surface area contributed by atoms with Gasteiger partial charge in [-0.15, -0.1) is 0 Å². The second kappa shape index (κ2) is 9.41. The zero-order chi connectivity index (χ0) is 16.3. The van der Waals surface area contributed by atoms with Crippen LogP contribution in [0.2, 0.25) is 0 Å². The van der Waals surface area contributed by atoms with Crippen molar-refractivity contribution in [1.82, 2.24) is 5.43 Å². The molecule has 0 aliphatic rings. The Bertz CT molecular complexity index is 643. The van der Waals surface area contributed by atoms with E-state index in [4.69, 9.17) is 4.42 Å². The Morgan fingerprint density at radius 1 is 1.17 bits per heavy atom. The fraction of sp³-hybridized carbons (Fsp3) is 0.263. The largest absolute Gasteiger partial charge is 0.459 e. The molecule has 1 aromatic heterocycles. The lowest BCUT2D eigenvalue weighted by atomic mass is 10.1. The van der Waals surface area contributed by atoms with Crippen LogP contribution >= 0.6 is 0 Å². The predicted octanol–water partition coefficient (Wildman–Crippen LogP) is 4.66. The van der Waals surface area contributed by atoms with Crippen LogP contribution in [0.4, 0.5) is 0 Å². The maximum absolute atomic E-state index is 11.8. The third-order valence-corrected chi connectivity index (χ3v) is 3.36. The quantitative estimate of drug-likeness (QED) is 0.438. The number of hydrogen-bond acceptors (Lipinski definition) is 3. The van der Waals surface area contributed by atoms with Crippen LogP contribution in [0.25, 0.3) is 6.08 Å². The molecule has 0 saturated carbocycles. The van der Waals surface area contributed by atoms with Gasteiger partial charge in [0.1, 0.15) is 0 Å². The second-order valence-corrected chi connectivity index (χ2v) is 5.26. The van der Waals surface area contributed by atoms with E-state index in [0.717, 1.165) is 24.0 Å². The highest BCUT2D eigenvalue weighted by Gasteiger charge is 2.06. The van der Waals surface area contributed by atoms with Gasteiger partial charge < -0.3 is 4.42 Å². The normalized spacial score (nSPS) is 11.8. The smallest absolute Gasteiger partial charge is 0.307 e. The van der Waals surface area contributed by atoms with Crippen molar-refractivity contribution in [3.8, 4) is 0 Å². The molecule has 2 aromatic rings. The zero-order valence-corrected chi connectivity index (χ0v) is 13.4. The number of rotatable bonds is 8. The van der Waals surface area contributed by atoms with Crippen LogP contribution in [0.3, 0.4) is 0 Å². The molecule has 0 atom stereocenters. The van der Waals surface area contributed by atoms with Crippen molar-refractivity contribution < 1.29 is 9.21 Å². The topological polar surface area (TPSA) is 54.6 Å². The lowest BCUT2D eigenvalue weighted by Gasteiger charge is -2.03. The fourth-order valence-corrected chi connectivity index (χ4v) is 2.15. The fourth-order valence-electron chi connectivity index (χ4n) is 2.15. The molecule has 2 rings (SSSR count). The number of nitrogens with zero attached hydrogens (tertiary/aromatic N) is 1. The summed E-state index contributed by atoms with van der Waals surface area (Å²) >= 11 is 0. The molecule has 0 bridgehead atoms. The molecular weight excluding hydrogens is 288 g/mol. The average Bonchev–Trinajstić information content (AvgIpc) is 3.10. The molecule has 0 spiro atoms. The summed E-state index contributed by atoms with van der Waals surface area (Å²) in [6, 6.07) is 13.4. The Morgan fingerprint density at radius 2 is 2.00 bits per heavy atom. The molecule has 0 aliphatic heterocycles. The predicted molar refractivity (Wildman–Crippen MR) is 93.2 cm³/mol. The number of unbranched alkanes of at least 4 members (excludes halogenated alkanes) is 2. The summed E-state index contributed by atoms with van der Waals surface area (Å²) in [7, 11) is 0. The molecular formula is C19H22N2O2. The molecule has 0 aliphatic carbocycles. The van der Waals surface area contributed by atoms with E-state index in [9.17, 15) is 4.79 Å². The van der Waals surface area contributed by atoms with Gasteiger partial charge in [-0.1, -0.05) is 56.2 Å². The molecule has 1 amide bonds. The van der Waals surface area contributed by atoms with Crippen molar-refractivity contribution in [3.63, 3.8) is 0 Å². The van der Waals surface area contributed by atoms with Crippen molar-refractivity contribution in [2.45, 2.75) is 32.6 Å². The molecule has 1 heterocycles. The Morgan fingerprint density at radius 3 is 2.70 bits per heavy atom. The van der Waals surface area contributed by atoms with Crippen LogP contribution in [0.15, 0.2) is 63.8 Å². The highest BCUT2D eigenvalue weighted by molar-refractivity contribution is 5.92. The average molecular weight is 310 g/mol. The van der Waals surface area contributed by atoms with Crippen molar-refractivity contribution in [3.05, 3.63) is 65.6 Å². The van der Waals surface area contributed by atoms with Crippen LogP contribution in [0.5, 0.6) is 0 Å². The molecule has 23 heavy (non-hydrogen) atoms. The monoisotopic (exact) mass is 310 g/mol. The van der Waals surface area contributed by atoms with Crippen molar-refractivity contribution in [2.24, 2.45) is 5.10 Å². The first-order valence-electron chi connectivity index (χ1n) is 7.92.